The molecule has 3 heterocycles. The van der Waals surface area contributed by atoms with Gasteiger partial charge >= 0.3 is 5.97 Å². The minimum absolute atomic E-state index is 0.0714. The lowest BCUT2D eigenvalue weighted by atomic mass is 9.98. The van der Waals surface area contributed by atoms with Gasteiger partial charge in [0.1, 0.15) is 22.5 Å². The highest BCUT2D eigenvalue weighted by atomic mass is 32.1. The molecule has 0 saturated heterocycles. The summed E-state index contributed by atoms with van der Waals surface area (Å²) in [6.45, 7) is 12.2. The van der Waals surface area contributed by atoms with E-state index in [-0.39, 0.29) is 12.4 Å². The van der Waals surface area contributed by atoms with Gasteiger partial charge in [0, 0.05) is 21.6 Å². The quantitative estimate of drug-likeness (QED) is 0.240. The predicted molar refractivity (Wildman–Crippen MR) is 141 cm³/mol. The van der Waals surface area contributed by atoms with E-state index in [1.165, 1.54) is 4.88 Å². The van der Waals surface area contributed by atoms with Crippen LogP contribution in [0.1, 0.15) is 72.0 Å². The van der Waals surface area contributed by atoms with Gasteiger partial charge in [-0.2, -0.15) is 5.48 Å². The summed E-state index contributed by atoms with van der Waals surface area (Å²) in [7, 11) is 1.56. The summed E-state index contributed by atoms with van der Waals surface area (Å²) in [6.07, 6.45) is 0.0714. The molecule has 1 atom stereocenters. The van der Waals surface area contributed by atoms with Crippen molar-refractivity contribution in [2.24, 2.45) is 4.99 Å². The Morgan fingerprint density at radius 1 is 1.17 bits per heavy atom. The number of nitrogens with one attached hydrogen (secondary N) is 1. The summed E-state index contributed by atoms with van der Waals surface area (Å²) in [6, 6.07) is 7.46. The van der Waals surface area contributed by atoms with Crippen LogP contribution in [0.2, 0.25) is 0 Å². The van der Waals surface area contributed by atoms with E-state index < -0.39 is 11.6 Å². The molecule has 0 amide bonds. The van der Waals surface area contributed by atoms with Crippen LogP contribution >= 0.6 is 11.3 Å². The van der Waals surface area contributed by atoms with Crippen molar-refractivity contribution in [3.05, 3.63) is 63.0 Å². The largest absolute Gasteiger partial charge is 0.460 e. The van der Waals surface area contributed by atoms with Crippen molar-refractivity contribution in [2.45, 2.75) is 59.6 Å². The van der Waals surface area contributed by atoms with Gasteiger partial charge in [0.15, 0.2) is 5.82 Å². The number of aromatic nitrogens is 3. The van der Waals surface area contributed by atoms with E-state index in [0.29, 0.717) is 12.4 Å². The SMILES string of the molecule is CONCC#Cc1ccc(C2=N[C@@H](CC(=O)OC(C)(C)C)c3nnc(C)n3-c3sc(C)c(C)c32)cc1. The number of fused-ring (bicyclic) bond motifs is 3. The third kappa shape index (κ3) is 5.41. The summed E-state index contributed by atoms with van der Waals surface area (Å²) in [4.78, 5) is 24.0. The highest BCUT2D eigenvalue weighted by Gasteiger charge is 2.33. The number of esters is 1. The van der Waals surface area contributed by atoms with Gasteiger partial charge in [0.2, 0.25) is 0 Å². The second-order valence-corrected chi connectivity index (χ2v) is 10.8. The average Bonchev–Trinajstić information content (AvgIpc) is 3.28. The number of aliphatic imine (C=N–C) groups is 1. The van der Waals surface area contributed by atoms with Crippen molar-refractivity contribution in [1.82, 2.24) is 20.2 Å². The Labute approximate surface area is 215 Å². The van der Waals surface area contributed by atoms with Crippen molar-refractivity contribution in [2.75, 3.05) is 13.7 Å². The van der Waals surface area contributed by atoms with Crippen LogP contribution < -0.4 is 5.48 Å². The zero-order valence-electron chi connectivity index (χ0n) is 21.7. The van der Waals surface area contributed by atoms with Crippen molar-refractivity contribution < 1.29 is 14.4 Å². The zero-order chi connectivity index (χ0) is 26.0. The maximum atomic E-state index is 12.8. The van der Waals surface area contributed by atoms with Crippen LogP contribution in [-0.4, -0.2) is 45.7 Å². The maximum Gasteiger partial charge on any atom is 0.308 e. The highest BCUT2D eigenvalue weighted by Crippen LogP contribution is 2.39. The van der Waals surface area contributed by atoms with E-state index in [1.54, 1.807) is 18.4 Å². The topological polar surface area (TPSA) is 90.6 Å². The third-order valence-electron chi connectivity index (χ3n) is 5.72. The Morgan fingerprint density at radius 2 is 1.89 bits per heavy atom. The van der Waals surface area contributed by atoms with Crippen LogP contribution in [0.4, 0.5) is 0 Å². The molecule has 2 aromatic heterocycles. The molecule has 1 aromatic carbocycles. The number of rotatable bonds is 5. The normalized spacial score (nSPS) is 14.8. The van der Waals surface area contributed by atoms with E-state index in [0.717, 1.165) is 38.8 Å². The summed E-state index contributed by atoms with van der Waals surface area (Å²) in [5.74, 6) is 7.21. The van der Waals surface area contributed by atoms with E-state index in [1.807, 2.05) is 56.5 Å². The van der Waals surface area contributed by atoms with E-state index in [4.69, 9.17) is 14.6 Å². The summed E-state index contributed by atoms with van der Waals surface area (Å²) in [5, 5.41) is 9.79. The second-order valence-electron chi connectivity index (χ2n) is 9.59. The van der Waals surface area contributed by atoms with Crippen LogP contribution in [-0.2, 0) is 14.4 Å². The molecule has 9 heteroatoms. The molecule has 1 aliphatic heterocycles. The molecular formula is C27H31N5O3S. The van der Waals surface area contributed by atoms with Crippen molar-refractivity contribution >= 4 is 23.0 Å². The Morgan fingerprint density at radius 3 is 2.56 bits per heavy atom. The fourth-order valence-corrected chi connectivity index (χ4v) is 5.25. The predicted octanol–water partition coefficient (Wildman–Crippen LogP) is 4.38. The first-order valence-corrected chi connectivity index (χ1v) is 12.6. The first kappa shape index (κ1) is 25.8. The first-order chi connectivity index (χ1) is 17.1. The van der Waals surface area contributed by atoms with Crippen molar-refractivity contribution in [3.63, 3.8) is 0 Å². The third-order valence-corrected chi connectivity index (χ3v) is 6.91. The van der Waals surface area contributed by atoms with E-state index in [9.17, 15) is 4.79 Å². The molecule has 0 bridgehead atoms. The molecule has 0 saturated carbocycles. The van der Waals surface area contributed by atoms with Crippen LogP contribution in [0.15, 0.2) is 29.3 Å². The number of hydrogen-bond acceptors (Lipinski definition) is 8. The Hall–Kier alpha value is -3.32. The molecule has 0 aliphatic carbocycles. The number of ether oxygens (including phenoxy) is 1. The summed E-state index contributed by atoms with van der Waals surface area (Å²) in [5.41, 5.74) is 6.98. The van der Waals surface area contributed by atoms with Gasteiger partial charge in [-0.25, -0.2) is 0 Å². The van der Waals surface area contributed by atoms with Crippen LogP contribution in [0, 0.1) is 32.6 Å². The summed E-state index contributed by atoms with van der Waals surface area (Å²) >= 11 is 1.68. The van der Waals surface area contributed by atoms with Gasteiger partial charge < -0.3 is 9.57 Å². The van der Waals surface area contributed by atoms with Gasteiger partial charge in [0.05, 0.1) is 25.8 Å². The van der Waals surface area contributed by atoms with E-state index in [2.05, 4.69) is 41.4 Å². The minimum atomic E-state index is -0.583. The molecule has 4 rings (SSSR count). The summed E-state index contributed by atoms with van der Waals surface area (Å²) < 4.78 is 7.66. The monoisotopic (exact) mass is 505 g/mol. The van der Waals surface area contributed by atoms with Crippen LogP contribution in [0.5, 0.6) is 0 Å². The Balaban J connectivity index is 1.81. The van der Waals surface area contributed by atoms with Crippen molar-refractivity contribution in [3.8, 4) is 16.8 Å². The lowest BCUT2D eigenvalue weighted by Gasteiger charge is -2.21. The molecule has 0 spiro atoms. The van der Waals surface area contributed by atoms with E-state index >= 15 is 0 Å². The van der Waals surface area contributed by atoms with Crippen LogP contribution in [0.3, 0.4) is 0 Å². The lowest BCUT2D eigenvalue weighted by molar-refractivity contribution is -0.155. The van der Waals surface area contributed by atoms with Gasteiger partial charge in [-0.3, -0.25) is 14.4 Å². The van der Waals surface area contributed by atoms with Gasteiger partial charge in [-0.1, -0.05) is 24.0 Å². The van der Waals surface area contributed by atoms with Gasteiger partial charge in [-0.05, 0) is 59.2 Å². The second kappa shape index (κ2) is 10.3. The molecule has 0 radical (unpaired) electrons. The number of nitrogens with zero attached hydrogens (tertiary/aromatic N) is 4. The molecule has 0 fully saturated rings. The maximum absolute atomic E-state index is 12.8. The minimum Gasteiger partial charge on any atom is -0.460 e. The fraction of sp³-hybridized carbons (Fsp3) is 0.407. The highest BCUT2D eigenvalue weighted by molar-refractivity contribution is 7.15. The molecule has 188 valence electrons. The van der Waals surface area contributed by atoms with Gasteiger partial charge in [-0.15, -0.1) is 21.5 Å². The Bertz CT molecular complexity index is 1370. The standard InChI is InChI=1S/C27H31N5O3S/c1-16-17(2)36-26-23(16)24(20-12-10-19(11-13-20)9-8-14-28-34-7)29-21(15-22(33)35-27(4,5)6)25-31-30-18(3)32(25)26/h10-13,21,28H,14-15H2,1-7H3/t21-/m0/s1. The number of carbonyl (C=O) groups excluding carboxylic acids is 1. The molecule has 0 unspecified atom stereocenters. The van der Waals surface area contributed by atoms with Crippen molar-refractivity contribution in [1.29, 1.82) is 0 Å². The fourth-order valence-electron chi connectivity index (χ4n) is 4.03. The number of thiophene rings is 1. The smallest absolute Gasteiger partial charge is 0.308 e. The molecular weight excluding hydrogens is 474 g/mol. The molecule has 1 aliphatic rings. The number of carbonyl (C=O) groups is 1. The zero-order valence-corrected chi connectivity index (χ0v) is 22.5. The number of hydroxylamine groups is 1. The number of hydrogen-bond donors (Lipinski definition) is 1. The molecule has 36 heavy (non-hydrogen) atoms. The number of aryl methyl sites for hydroxylation is 2. The molecule has 8 nitrogen and oxygen atoms in total. The molecule has 1 N–H and O–H groups in total. The lowest BCUT2D eigenvalue weighted by Crippen LogP contribution is -2.25. The van der Waals surface area contributed by atoms with Gasteiger partial charge in [0.25, 0.3) is 0 Å². The Kier molecular flexibility index (Phi) is 7.41. The first-order valence-electron chi connectivity index (χ1n) is 11.8. The average molecular weight is 506 g/mol. The number of benzene rings is 1. The van der Waals surface area contributed by atoms with Crippen LogP contribution in [0.25, 0.3) is 5.00 Å². The molecule has 3 aromatic rings.